The van der Waals surface area contributed by atoms with Crippen LogP contribution in [0.5, 0.6) is 0 Å². The van der Waals surface area contributed by atoms with Crippen molar-refractivity contribution < 1.29 is 8.42 Å². The SMILES string of the molecule is CCC(C)(C)CNS(=O)(=O)CCCN. The minimum atomic E-state index is -3.12. The van der Waals surface area contributed by atoms with Gasteiger partial charge < -0.3 is 5.73 Å². The highest BCUT2D eigenvalue weighted by Gasteiger charge is 2.18. The third-order valence-corrected chi connectivity index (χ3v) is 3.76. The topological polar surface area (TPSA) is 72.2 Å². The van der Waals surface area contributed by atoms with Crippen LogP contribution in [-0.4, -0.2) is 27.3 Å². The highest BCUT2D eigenvalue weighted by Crippen LogP contribution is 2.17. The van der Waals surface area contributed by atoms with Gasteiger partial charge in [-0.2, -0.15) is 0 Å². The van der Waals surface area contributed by atoms with E-state index in [9.17, 15) is 8.42 Å². The van der Waals surface area contributed by atoms with Crippen molar-refractivity contribution in [3.63, 3.8) is 0 Å². The van der Waals surface area contributed by atoms with E-state index in [0.717, 1.165) is 6.42 Å². The lowest BCUT2D eigenvalue weighted by molar-refractivity contribution is 0.350. The van der Waals surface area contributed by atoms with Crippen molar-refractivity contribution in [1.29, 1.82) is 0 Å². The van der Waals surface area contributed by atoms with Crippen LogP contribution in [0.25, 0.3) is 0 Å². The molecule has 0 saturated carbocycles. The van der Waals surface area contributed by atoms with E-state index in [1.54, 1.807) is 0 Å². The molecule has 0 aliphatic heterocycles. The van der Waals surface area contributed by atoms with Crippen LogP contribution in [-0.2, 0) is 10.0 Å². The maximum atomic E-state index is 11.4. The third kappa shape index (κ3) is 6.34. The van der Waals surface area contributed by atoms with Gasteiger partial charge in [0.2, 0.25) is 10.0 Å². The first-order valence-electron chi connectivity index (χ1n) is 5.00. The van der Waals surface area contributed by atoms with Crippen LogP contribution in [0, 0.1) is 5.41 Å². The van der Waals surface area contributed by atoms with E-state index in [1.165, 1.54) is 0 Å². The maximum absolute atomic E-state index is 11.4. The van der Waals surface area contributed by atoms with Crippen molar-refractivity contribution >= 4 is 10.0 Å². The van der Waals surface area contributed by atoms with Crippen LogP contribution in [0.1, 0.15) is 33.6 Å². The summed E-state index contributed by atoms with van der Waals surface area (Å²) < 4.78 is 25.4. The first kappa shape index (κ1) is 13.9. The lowest BCUT2D eigenvalue weighted by Gasteiger charge is -2.22. The average molecular weight is 222 g/mol. The number of hydrogen-bond donors (Lipinski definition) is 2. The van der Waals surface area contributed by atoms with Gasteiger partial charge >= 0.3 is 0 Å². The Balaban J connectivity index is 4.00. The molecule has 5 heteroatoms. The quantitative estimate of drug-likeness (QED) is 0.665. The smallest absolute Gasteiger partial charge is 0.211 e. The van der Waals surface area contributed by atoms with Gasteiger partial charge in [-0.3, -0.25) is 0 Å². The molecule has 0 rings (SSSR count). The molecule has 0 bridgehead atoms. The largest absolute Gasteiger partial charge is 0.330 e. The van der Waals surface area contributed by atoms with Crippen LogP contribution < -0.4 is 10.5 Å². The van der Waals surface area contributed by atoms with Gasteiger partial charge in [0.05, 0.1) is 5.75 Å². The Hall–Kier alpha value is -0.130. The Morgan fingerprint density at radius 1 is 1.36 bits per heavy atom. The Labute approximate surface area is 87.3 Å². The molecule has 0 saturated heterocycles. The molecule has 0 aromatic rings. The highest BCUT2D eigenvalue weighted by molar-refractivity contribution is 7.89. The fourth-order valence-electron chi connectivity index (χ4n) is 0.776. The van der Waals surface area contributed by atoms with Crippen LogP contribution in [0.4, 0.5) is 0 Å². The van der Waals surface area contributed by atoms with Gasteiger partial charge in [-0.1, -0.05) is 20.8 Å². The van der Waals surface area contributed by atoms with Crippen LogP contribution in [0.2, 0.25) is 0 Å². The first-order valence-corrected chi connectivity index (χ1v) is 6.65. The molecular formula is C9H22N2O2S. The molecule has 0 aliphatic rings. The zero-order chi connectivity index (χ0) is 11.2. The first-order chi connectivity index (χ1) is 6.33. The van der Waals surface area contributed by atoms with E-state index in [4.69, 9.17) is 5.73 Å². The second-order valence-corrected chi connectivity index (χ2v) is 6.23. The van der Waals surface area contributed by atoms with Gasteiger partial charge in [-0.25, -0.2) is 13.1 Å². The van der Waals surface area contributed by atoms with Crippen LogP contribution in [0.3, 0.4) is 0 Å². The molecule has 0 amide bonds. The zero-order valence-electron chi connectivity index (χ0n) is 9.34. The summed E-state index contributed by atoms with van der Waals surface area (Å²) in [5.74, 6) is 0.128. The molecule has 0 aromatic carbocycles. The van der Waals surface area contributed by atoms with Crippen molar-refractivity contribution in [2.75, 3.05) is 18.8 Å². The van der Waals surface area contributed by atoms with Crippen molar-refractivity contribution in [2.24, 2.45) is 11.1 Å². The number of rotatable bonds is 7. The fraction of sp³-hybridized carbons (Fsp3) is 1.00. The summed E-state index contributed by atoms with van der Waals surface area (Å²) in [6.45, 7) is 7.04. The van der Waals surface area contributed by atoms with E-state index in [2.05, 4.69) is 4.72 Å². The summed E-state index contributed by atoms with van der Waals surface area (Å²) in [7, 11) is -3.12. The zero-order valence-corrected chi connectivity index (χ0v) is 10.2. The van der Waals surface area contributed by atoms with Crippen molar-refractivity contribution in [2.45, 2.75) is 33.6 Å². The fourth-order valence-corrected chi connectivity index (χ4v) is 2.08. The molecule has 0 unspecified atom stereocenters. The van der Waals surface area contributed by atoms with Crippen molar-refractivity contribution in [3.8, 4) is 0 Å². The summed E-state index contributed by atoms with van der Waals surface area (Å²) in [6.07, 6.45) is 1.47. The van der Waals surface area contributed by atoms with E-state index in [1.807, 2.05) is 20.8 Å². The molecular weight excluding hydrogens is 200 g/mol. The Kier molecular flexibility index (Phi) is 5.63. The van der Waals surface area contributed by atoms with E-state index >= 15 is 0 Å². The highest BCUT2D eigenvalue weighted by atomic mass is 32.2. The summed E-state index contributed by atoms with van der Waals surface area (Å²) in [5.41, 5.74) is 5.28. The van der Waals surface area contributed by atoms with Gasteiger partial charge in [-0.15, -0.1) is 0 Å². The number of nitrogens with two attached hydrogens (primary N) is 1. The summed E-state index contributed by atoms with van der Waals surface area (Å²) in [6, 6.07) is 0. The van der Waals surface area contributed by atoms with Crippen LogP contribution >= 0.6 is 0 Å². The van der Waals surface area contributed by atoms with Crippen molar-refractivity contribution in [3.05, 3.63) is 0 Å². The second kappa shape index (κ2) is 5.68. The molecule has 3 N–H and O–H groups in total. The summed E-state index contributed by atoms with van der Waals surface area (Å²) >= 11 is 0. The second-order valence-electron chi connectivity index (χ2n) is 4.30. The van der Waals surface area contributed by atoms with E-state index in [0.29, 0.717) is 19.5 Å². The molecule has 14 heavy (non-hydrogen) atoms. The summed E-state index contributed by atoms with van der Waals surface area (Å²) in [4.78, 5) is 0. The molecule has 0 fully saturated rings. The third-order valence-electron chi connectivity index (χ3n) is 2.34. The Bertz CT molecular complexity index is 248. The lowest BCUT2D eigenvalue weighted by Crippen LogP contribution is -2.35. The Morgan fingerprint density at radius 2 is 1.93 bits per heavy atom. The van der Waals surface area contributed by atoms with E-state index < -0.39 is 10.0 Å². The van der Waals surface area contributed by atoms with Gasteiger partial charge in [0.15, 0.2) is 0 Å². The monoisotopic (exact) mass is 222 g/mol. The normalized spacial score (nSPS) is 13.1. The number of sulfonamides is 1. The molecule has 0 radical (unpaired) electrons. The number of hydrogen-bond acceptors (Lipinski definition) is 3. The number of nitrogens with one attached hydrogen (secondary N) is 1. The van der Waals surface area contributed by atoms with Gasteiger partial charge in [-0.05, 0) is 24.8 Å². The molecule has 0 heterocycles. The Morgan fingerprint density at radius 3 is 2.36 bits per heavy atom. The molecule has 4 nitrogen and oxygen atoms in total. The summed E-state index contributed by atoms with van der Waals surface area (Å²) in [5, 5.41) is 0. The molecule has 86 valence electrons. The predicted molar refractivity (Wildman–Crippen MR) is 59.5 cm³/mol. The molecule has 0 spiro atoms. The minimum Gasteiger partial charge on any atom is -0.330 e. The van der Waals surface area contributed by atoms with Crippen LogP contribution in [0.15, 0.2) is 0 Å². The molecule has 0 aliphatic carbocycles. The average Bonchev–Trinajstić information content (AvgIpc) is 2.12. The molecule has 0 atom stereocenters. The van der Waals surface area contributed by atoms with E-state index in [-0.39, 0.29) is 11.2 Å². The minimum absolute atomic E-state index is 0.0236. The van der Waals surface area contributed by atoms with Gasteiger partial charge in [0.1, 0.15) is 0 Å². The maximum Gasteiger partial charge on any atom is 0.211 e. The van der Waals surface area contributed by atoms with Gasteiger partial charge in [0, 0.05) is 6.54 Å². The standard InChI is InChI=1S/C9H22N2O2S/c1-4-9(2,3)8-11-14(12,13)7-5-6-10/h11H,4-8,10H2,1-3H3. The predicted octanol–water partition coefficient (Wildman–Crippen LogP) is 0.691. The lowest BCUT2D eigenvalue weighted by atomic mass is 9.91. The van der Waals surface area contributed by atoms with Crippen molar-refractivity contribution in [1.82, 2.24) is 4.72 Å². The molecule has 0 aromatic heterocycles. The van der Waals surface area contributed by atoms with Gasteiger partial charge in [0.25, 0.3) is 0 Å².